The van der Waals surface area contributed by atoms with Gasteiger partial charge in [-0.3, -0.25) is 33.8 Å². The van der Waals surface area contributed by atoms with Crippen LogP contribution in [-0.4, -0.2) is 182 Å². The number of phenols is 1. The topological polar surface area (TPSA) is 367 Å². The summed E-state index contributed by atoms with van der Waals surface area (Å²) < 4.78 is 48.0. The Morgan fingerprint density at radius 3 is 2.24 bits per heavy atom. The molecule has 550 valence electrons. The maximum atomic E-state index is 14.9. The maximum Gasteiger partial charge on any atom is 0.415 e. The van der Waals surface area contributed by atoms with Crippen LogP contribution in [-0.2, 0) is 56.8 Å². The molecule has 6 aliphatic rings. The second kappa shape index (κ2) is 31.5. The van der Waals surface area contributed by atoms with Gasteiger partial charge in [-0.15, -0.1) is 11.8 Å². The SMILES string of the molecule is C=CS[C@@H]1c2c(OC(C)=O)c(C)c3c(c2C(COC(=O)[C@@H]2NCCc4cc(OC(=O)N(C)CCN(C)C(=O)OCc5ccc(NC(=O)[C@H](CCCNC(N)=O)NC(=O)[C@@H](NC(=O)CCC(=O)C(C)C)C(C)C)cc5)c(OC)cc42)N2[C@@H]1C1c4c(cc(C)c(OC)c4O)C4(C)C[C@@H]([C@@H]2O)N14)OCO3. The van der Waals surface area contributed by atoms with Crippen LogP contribution in [0.15, 0.2) is 54.5 Å². The lowest BCUT2D eigenvalue weighted by molar-refractivity contribution is -0.249. The summed E-state index contributed by atoms with van der Waals surface area (Å²) in [5, 5.41) is 40.2. The summed E-state index contributed by atoms with van der Waals surface area (Å²) in [6, 6.07) is 5.19. The summed E-state index contributed by atoms with van der Waals surface area (Å²) in [5.41, 5.74) is 10.6. The van der Waals surface area contributed by atoms with E-state index in [4.69, 9.17) is 43.6 Å². The molecule has 2 fully saturated rings. The van der Waals surface area contributed by atoms with Crippen molar-refractivity contribution in [2.75, 3.05) is 73.2 Å². The number of hydrogen-bond donors (Lipinski definition) is 8. The number of carbonyl (C=O) groups is 9. The zero-order valence-electron chi connectivity index (χ0n) is 59.5. The zero-order chi connectivity index (χ0) is 73.9. The van der Waals surface area contributed by atoms with Crippen LogP contribution in [0.5, 0.6) is 40.2 Å². The summed E-state index contributed by atoms with van der Waals surface area (Å²) >= 11 is 1.37. The number of rotatable bonds is 28. The highest BCUT2D eigenvalue weighted by atomic mass is 32.2. The highest BCUT2D eigenvalue weighted by molar-refractivity contribution is 8.02. The number of likely N-dealkylation sites (N-methyl/N-ethyl adjacent to an activating group) is 2. The number of esters is 2. The van der Waals surface area contributed by atoms with Crippen molar-refractivity contribution < 1.29 is 91.3 Å². The Bertz CT molecular complexity index is 3950. The first-order chi connectivity index (χ1) is 48.5. The van der Waals surface area contributed by atoms with Gasteiger partial charge in [-0.25, -0.2) is 19.2 Å². The summed E-state index contributed by atoms with van der Waals surface area (Å²) in [6.07, 6.45) is -1.38. The molecule has 10 rings (SSSR count). The van der Waals surface area contributed by atoms with Gasteiger partial charge in [-0.2, -0.15) is 0 Å². The lowest BCUT2D eigenvalue weighted by Gasteiger charge is -2.66. The number of phenolic OH excluding ortho intramolecular Hbond substituents is 1. The number of aryl methyl sites for hydroxylation is 1. The Hall–Kier alpha value is -9.36. The van der Waals surface area contributed by atoms with E-state index in [0.29, 0.717) is 81.3 Å². The Labute approximate surface area is 596 Å². The standard InChI is InChI=1S/C72H92N10O19S/c1-14-102-64-54-53(63-62(98-34-99-63)38(7)61(54)100-39(8)83)47(81-58(64)57-52-44(28-37(6)60(95-13)59(52)86)72(9)31-46(67(81)89)82(57)72)33-96-68(90)56-43-30-49(94-12)50(29-41(43)23-25-74-56)101-71(93)80(11)27-26-79(10)70(92)97-32-40-17-19-42(20-18-40)76-65(87)45(16-15-24-75-69(73)91)77-66(88)55(36(4)5)78-51(85)22-21-48(84)35(2)3/h14,17-20,28-30,35-36,45-47,55-58,64,67,74,86,89H,1,15-16,21-27,31-34H2,2-13H3,(H,76,87)(H,77,88)(H,78,85)(H3,73,75,91)/t45-,46-,47?,55-,56+,57?,58+,64+,67-,72?/m0/s1. The van der Waals surface area contributed by atoms with E-state index in [1.165, 1.54) is 56.8 Å². The number of anilines is 1. The van der Waals surface area contributed by atoms with Gasteiger partial charge in [0, 0.05) is 105 Å². The van der Waals surface area contributed by atoms with E-state index < -0.39 is 107 Å². The molecule has 102 heavy (non-hydrogen) atoms. The molecular weight excluding hydrogens is 1340 g/mol. The minimum absolute atomic E-state index is 0.0119. The number of benzene rings is 4. The fraction of sp³-hybridized carbons (Fsp3) is 0.514. The van der Waals surface area contributed by atoms with Crippen LogP contribution in [0, 0.1) is 25.7 Å². The molecule has 29 nitrogen and oxygen atoms in total. The largest absolute Gasteiger partial charge is 0.504 e. The van der Waals surface area contributed by atoms with E-state index in [-0.39, 0.29) is 106 Å². The molecule has 4 aromatic rings. The highest BCUT2D eigenvalue weighted by Gasteiger charge is 2.70. The van der Waals surface area contributed by atoms with Gasteiger partial charge in [0.2, 0.25) is 24.5 Å². The average molecular weight is 1430 g/mol. The number of amides is 7. The van der Waals surface area contributed by atoms with Gasteiger partial charge in [0.05, 0.1) is 37.6 Å². The third kappa shape index (κ3) is 15.1. The number of methoxy groups -OCH3 is 2. The van der Waals surface area contributed by atoms with Gasteiger partial charge in [-0.1, -0.05) is 46.4 Å². The van der Waals surface area contributed by atoms with Crippen LogP contribution in [0.3, 0.4) is 0 Å². The number of hydrogen-bond acceptors (Lipinski definition) is 23. The number of primary amides is 1. The smallest absolute Gasteiger partial charge is 0.415 e. The molecule has 0 bridgehead atoms. The molecule has 0 saturated carbocycles. The number of nitrogens with zero attached hydrogens (tertiary/aromatic N) is 4. The number of urea groups is 1. The van der Waals surface area contributed by atoms with Gasteiger partial charge in [0.25, 0.3) is 0 Å². The summed E-state index contributed by atoms with van der Waals surface area (Å²) in [7, 11) is 5.90. The molecule has 30 heteroatoms. The number of aromatic hydroxyl groups is 1. The van der Waals surface area contributed by atoms with Crippen molar-refractivity contribution in [2.24, 2.45) is 17.6 Å². The average Bonchev–Trinajstić information content (AvgIpc) is 1.46. The first-order valence-electron chi connectivity index (χ1n) is 34.1. The van der Waals surface area contributed by atoms with E-state index in [2.05, 4.69) is 45.0 Å². The zero-order valence-corrected chi connectivity index (χ0v) is 60.3. The predicted octanol–water partition coefficient (Wildman–Crippen LogP) is 6.85. The van der Waals surface area contributed by atoms with Crippen molar-refractivity contribution in [3.8, 4) is 40.2 Å². The lowest BCUT2D eigenvalue weighted by Crippen LogP contribution is -2.75. The summed E-state index contributed by atoms with van der Waals surface area (Å²) in [6.45, 7) is 18.0. The second-order valence-corrected chi connectivity index (χ2v) is 28.4. The van der Waals surface area contributed by atoms with Crippen molar-refractivity contribution in [3.63, 3.8) is 0 Å². The first kappa shape index (κ1) is 75.3. The number of Topliss-reactive ketones (excluding diaryl/α,β-unsaturated/α-hetero) is 1. The number of piperazine rings is 1. The van der Waals surface area contributed by atoms with Crippen molar-refractivity contribution in [1.82, 2.24) is 40.9 Å². The summed E-state index contributed by atoms with van der Waals surface area (Å²) in [5.74, 6) is -2.18. The molecule has 7 amide bonds. The molecule has 9 N–H and O–H groups in total. The fourth-order valence-corrected chi connectivity index (χ4v) is 15.8. The lowest BCUT2D eigenvalue weighted by atomic mass is 9.72. The number of nitrogens with two attached hydrogens (primary N) is 1. The van der Waals surface area contributed by atoms with Gasteiger partial charge in [0.1, 0.15) is 49.1 Å². The molecule has 10 atom stereocenters. The Morgan fingerprint density at radius 1 is 0.873 bits per heavy atom. The van der Waals surface area contributed by atoms with Gasteiger partial charge >= 0.3 is 30.2 Å². The molecular formula is C72H92N10O19S. The fourth-order valence-electron chi connectivity index (χ4n) is 14.8. The monoisotopic (exact) mass is 1430 g/mol. The minimum atomic E-state index is -1.15. The molecule has 0 spiro atoms. The number of ketones is 1. The highest BCUT2D eigenvalue weighted by Crippen LogP contribution is 2.70. The molecule has 3 unspecified atom stereocenters. The first-order valence-corrected chi connectivity index (χ1v) is 35.0. The predicted molar refractivity (Wildman–Crippen MR) is 373 cm³/mol. The number of thioether (sulfide) groups is 1. The number of nitrogens with one attached hydrogen (secondary N) is 5. The van der Waals surface area contributed by atoms with Crippen molar-refractivity contribution in [3.05, 3.63) is 105 Å². The van der Waals surface area contributed by atoms with Crippen LogP contribution in [0.1, 0.15) is 147 Å². The maximum absolute atomic E-state index is 14.9. The van der Waals surface area contributed by atoms with E-state index in [0.717, 1.165) is 11.1 Å². The Balaban J connectivity index is 0.775. The molecule has 0 aromatic heterocycles. The molecule has 4 aromatic carbocycles. The molecule has 2 saturated heterocycles. The molecule has 6 heterocycles. The van der Waals surface area contributed by atoms with E-state index in [1.54, 1.807) is 76.4 Å². The van der Waals surface area contributed by atoms with Crippen molar-refractivity contribution in [1.29, 1.82) is 0 Å². The Kier molecular flexibility index (Phi) is 23.2. The number of fused-ring (bicyclic) bond motifs is 9. The minimum Gasteiger partial charge on any atom is -0.504 e. The number of aliphatic hydroxyl groups excluding tert-OH is 1. The Morgan fingerprint density at radius 2 is 1.58 bits per heavy atom. The van der Waals surface area contributed by atoms with Gasteiger partial charge < -0.3 is 90.2 Å². The third-order valence-corrected chi connectivity index (χ3v) is 20.9. The van der Waals surface area contributed by atoms with Crippen LogP contribution >= 0.6 is 11.8 Å². The normalized spacial score (nSPS) is 21.6. The molecule has 0 radical (unpaired) electrons. The van der Waals surface area contributed by atoms with Gasteiger partial charge in [-0.05, 0) is 116 Å². The van der Waals surface area contributed by atoms with E-state index in [1.807, 2.05) is 17.9 Å². The third-order valence-electron chi connectivity index (χ3n) is 19.9. The van der Waals surface area contributed by atoms with E-state index >= 15 is 0 Å². The van der Waals surface area contributed by atoms with Crippen LogP contribution < -0.4 is 60.7 Å². The molecule has 6 aliphatic heterocycles. The van der Waals surface area contributed by atoms with Gasteiger partial charge in [0.15, 0.2) is 34.5 Å². The van der Waals surface area contributed by atoms with Crippen molar-refractivity contribution >= 4 is 71.1 Å². The van der Waals surface area contributed by atoms with Crippen LogP contribution in [0.4, 0.5) is 20.1 Å². The number of ether oxygens (including phenoxy) is 8. The van der Waals surface area contributed by atoms with Crippen LogP contribution in [0.25, 0.3) is 0 Å². The molecule has 0 aliphatic carbocycles. The number of carbonyl (C=O) groups excluding carboxylic acids is 9. The van der Waals surface area contributed by atoms with Crippen LogP contribution in [0.2, 0.25) is 0 Å². The van der Waals surface area contributed by atoms with Crippen molar-refractivity contribution in [2.45, 2.75) is 160 Å². The quantitative estimate of drug-likeness (QED) is 0.0164. The second-order valence-electron chi connectivity index (χ2n) is 27.3. The van der Waals surface area contributed by atoms with E-state index in [9.17, 15) is 53.4 Å². The number of aliphatic hydroxyl groups is 1. The summed E-state index contributed by atoms with van der Waals surface area (Å²) in [4.78, 5) is 125.